The first-order chi connectivity index (χ1) is 18.1. The third-order valence-corrected chi connectivity index (χ3v) is 5.56. The average molecular weight is 618 g/mol. The Morgan fingerprint density at radius 3 is 2.41 bits per heavy atom. The van der Waals surface area contributed by atoms with E-state index >= 15 is 0 Å². The summed E-state index contributed by atoms with van der Waals surface area (Å²) in [6.45, 7) is 0.957. The lowest BCUT2D eigenvalue weighted by Crippen LogP contribution is -2.23. The van der Waals surface area contributed by atoms with Crippen molar-refractivity contribution in [2.75, 3.05) is 5.32 Å². The zero-order chi connectivity index (χ0) is 28.7. The maximum absolute atomic E-state index is 13.7. The van der Waals surface area contributed by atoms with Crippen LogP contribution in [0.5, 0.6) is 0 Å². The summed E-state index contributed by atoms with van der Waals surface area (Å²) in [5.74, 6) is -4.26. The molecule has 0 radical (unpaired) electrons. The normalized spacial score (nSPS) is 12.0. The van der Waals surface area contributed by atoms with Gasteiger partial charge in [-0.3, -0.25) is 9.59 Å². The van der Waals surface area contributed by atoms with Crippen molar-refractivity contribution in [2.24, 2.45) is 5.73 Å². The Kier molecular flexibility index (Phi) is 7.15. The Morgan fingerprint density at radius 1 is 1.08 bits per heavy atom. The van der Waals surface area contributed by atoms with Crippen LogP contribution in [0.25, 0.3) is 5.82 Å². The van der Waals surface area contributed by atoms with E-state index < -0.39 is 53.6 Å². The number of tetrazole rings is 1. The topological polar surface area (TPSA) is 146 Å². The molecule has 4 rings (SSSR count). The molecule has 1 aromatic carbocycles. The van der Waals surface area contributed by atoms with Crippen molar-refractivity contribution >= 4 is 33.4 Å². The van der Waals surface area contributed by atoms with Crippen LogP contribution in [0.2, 0.25) is 0 Å². The minimum atomic E-state index is -4.90. The van der Waals surface area contributed by atoms with Crippen LogP contribution in [0, 0.1) is 6.92 Å². The van der Waals surface area contributed by atoms with Crippen LogP contribution in [0.3, 0.4) is 0 Å². The number of anilines is 1. The molecule has 18 heteroatoms. The summed E-state index contributed by atoms with van der Waals surface area (Å²) < 4.78 is 80.8. The number of aromatic nitrogens is 7. The van der Waals surface area contributed by atoms with Crippen molar-refractivity contribution in [3.8, 4) is 5.82 Å². The van der Waals surface area contributed by atoms with E-state index in [9.17, 15) is 35.9 Å². The lowest BCUT2D eigenvalue weighted by atomic mass is 10.1. The highest BCUT2D eigenvalue weighted by Crippen LogP contribution is 2.33. The Morgan fingerprint density at radius 2 is 1.79 bits per heavy atom. The molecule has 0 atom stereocenters. The molecule has 0 aliphatic heterocycles. The zero-order valence-corrected chi connectivity index (χ0v) is 20.9. The van der Waals surface area contributed by atoms with Gasteiger partial charge in [0.25, 0.3) is 17.6 Å². The Hall–Kier alpha value is -4.35. The first-order valence-electron chi connectivity index (χ1n) is 10.5. The minimum absolute atomic E-state index is 0.0187. The molecule has 0 fully saturated rings. The van der Waals surface area contributed by atoms with Crippen LogP contribution in [-0.2, 0) is 18.9 Å². The second-order valence-electron chi connectivity index (χ2n) is 7.91. The standard InChI is InChI=1S/C21H14BrF6N9O2/c1-9-5-10(22)6-12(16(29)38)15(9)31-18(39)14-7-11(8-36-34-19(32-35-36)21(26,27)28)33-37(14)17-13(20(23,24)25)3-2-4-30-17/h2-7H,8H2,1H3,(H2,29,38)(H,31,39). The Balaban J connectivity index is 1.81. The fourth-order valence-corrected chi connectivity index (χ4v) is 4.04. The maximum atomic E-state index is 13.7. The number of primary amides is 1. The molecule has 11 nitrogen and oxygen atoms in total. The van der Waals surface area contributed by atoms with Crippen LogP contribution in [0.4, 0.5) is 32.0 Å². The molecule has 4 aromatic rings. The molecule has 2 amide bonds. The summed E-state index contributed by atoms with van der Waals surface area (Å²) in [4.78, 5) is 29.5. The van der Waals surface area contributed by atoms with Gasteiger partial charge in [0.15, 0.2) is 5.82 Å². The molecule has 0 aliphatic rings. The van der Waals surface area contributed by atoms with E-state index in [2.05, 4.69) is 46.7 Å². The molecule has 3 aromatic heterocycles. The molecule has 3 N–H and O–H groups in total. The Labute approximate surface area is 222 Å². The number of nitrogens with two attached hydrogens (primary N) is 1. The molecule has 0 bridgehead atoms. The number of nitrogens with zero attached hydrogens (tertiary/aromatic N) is 7. The molecule has 39 heavy (non-hydrogen) atoms. The summed E-state index contributed by atoms with van der Waals surface area (Å²) in [5, 5.41) is 15.7. The van der Waals surface area contributed by atoms with Gasteiger partial charge in [-0.15, -0.1) is 10.2 Å². The van der Waals surface area contributed by atoms with Gasteiger partial charge in [0.05, 0.1) is 16.9 Å². The summed E-state index contributed by atoms with van der Waals surface area (Å²) in [7, 11) is 0. The van der Waals surface area contributed by atoms with Crippen molar-refractivity contribution in [2.45, 2.75) is 25.8 Å². The fourth-order valence-electron chi connectivity index (χ4n) is 3.47. The van der Waals surface area contributed by atoms with Crippen LogP contribution < -0.4 is 11.1 Å². The SMILES string of the molecule is Cc1cc(Br)cc(C(N)=O)c1NC(=O)c1cc(Cn2nnc(C(F)(F)F)n2)nn1-c1ncccc1C(F)(F)F. The Bertz CT molecular complexity index is 1580. The van der Waals surface area contributed by atoms with Crippen molar-refractivity contribution in [1.29, 1.82) is 0 Å². The van der Waals surface area contributed by atoms with Crippen molar-refractivity contribution in [3.63, 3.8) is 0 Å². The minimum Gasteiger partial charge on any atom is -0.366 e. The second kappa shape index (κ2) is 10.1. The molecular formula is C21H14BrF6N9O2. The number of halogens is 7. The van der Waals surface area contributed by atoms with Crippen molar-refractivity contribution < 1.29 is 35.9 Å². The third kappa shape index (κ3) is 5.89. The van der Waals surface area contributed by atoms with Gasteiger partial charge in [-0.2, -0.15) is 36.2 Å². The summed E-state index contributed by atoms with van der Waals surface area (Å²) >= 11 is 3.21. The van der Waals surface area contributed by atoms with Crippen molar-refractivity contribution in [1.82, 2.24) is 35.0 Å². The van der Waals surface area contributed by atoms with Gasteiger partial charge in [0.1, 0.15) is 17.8 Å². The number of alkyl halides is 6. The number of carbonyl (C=O) groups is 2. The quantitative estimate of drug-likeness (QED) is 0.313. The number of hydrogen-bond donors (Lipinski definition) is 2. The largest absolute Gasteiger partial charge is 0.455 e. The lowest BCUT2D eigenvalue weighted by Gasteiger charge is -2.15. The first kappa shape index (κ1) is 27.7. The molecule has 0 saturated heterocycles. The van der Waals surface area contributed by atoms with Gasteiger partial charge in [-0.25, -0.2) is 9.67 Å². The van der Waals surface area contributed by atoms with E-state index in [1.807, 2.05) is 0 Å². The van der Waals surface area contributed by atoms with E-state index in [1.165, 1.54) is 6.07 Å². The molecule has 3 heterocycles. The molecule has 0 aliphatic carbocycles. The number of rotatable bonds is 6. The number of benzene rings is 1. The van der Waals surface area contributed by atoms with Crippen molar-refractivity contribution in [3.05, 3.63) is 74.9 Å². The predicted octanol–water partition coefficient (Wildman–Crippen LogP) is 3.76. The molecule has 0 spiro atoms. The smallest absolute Gasteiger partial charge is 0.366 e. The van der Waals surface area contributed by atoms with Gasteiger partial charge < -0.3 is 11.1 Å². The molecular weight excluding hydrogens is 604 g/mol. The molecule has 204 valence electrons. The van der Waals surface area contributed by atoms with Gasteiger partial charge in [-0.1, -0.05) is 15.9 Å². The third-order valence-electron chi connectivity index (χ3n) is 5.10. The average Bonchev–Trinajstić information content (AvgIpc) is 3.47. The highest BCUT2D eigenvalue weighted by atomic mass is 79.9. The number of hydrogen-bond acceptors (Lipinski definition) is 7. The second-order valence-corrected chi connectivity index (χ2v) is 8.83. The van der Waals surface area contributed by atoms with Crippen LogP contribution in [-0.4, -0.2) is 46.8 Å². The number of amides is 2. The van der Waals surface area contributed by atoms with Gasteiger partial charge in [-0.05, 0) is 48.0 Å². The van der Waals surface area contributed by atoms with Crippen LogP contribution in [0.15, 0.2) is 41.0 Å². The predicted molar refractivity (Wildman–Crippen MR) is 124 cm³/mol. The van der Waals surface area contributed by atoms with E-state index in [1.54, 1.807) is 13.0 Å². The number of pyridine rings is 1. The van der Waals surface area contributed by atoms with E-state index in [4.69, 9.17) is 5.73 Å². The number of aryl methyl sites for hydroxylation is 1. The van der Waals surface area contributed by atoms with E-state index in [0.717, 1.165) is 18.3 Å². The molecule has 0 unspecified atom stereocenters. The number of carbonyl (C=O) groups excluding carboxylic acids is 2. The highest BCUT2D eigenvalue weighted by molar-refractivity contribution is 9.10. The summed E-state index contributed by atoms with van der Waals surface area (Å²) in [6.07, 6.45) is -8.76. The van der Waals surface area contributed by atoms with Crippen LogP contribution in [0.1, 0.15) is 43.5 Å². The fraction of sp³-hybridized carbons (Fsp3) is 0.190. The summed E-state index contributed by atoms with van der Waals surface area (Å²) in [6, 6.07) is 5.64. The van der Waals surface area contributed by atoms with Crippen LogP contribution >= 0.6 is 15.9 Å². The first-order valence-corrected chi connectivity index (χ1v) is 11.3. The molecule has 0 saturated carbocycles. The van der Waals surface area contributed by atoms with E-state index in [0.29, 0.717) is 25.6 Å². The number of nitrogens with one attached hydrogen (secondary N) is 1. The zero-order valence-electron chi connectivity index (χ0n) is 19.3. The monoisotopic (exact) mass is 617 g/mol. The maximum Gasteiger partial charge on any atom is 0.455 e. The highest BCUT2D eigenvalue weighted by Gasteiger charge is 2.38. The van der Waals surface area contributed by atoms with Gasteiger partial charge >= 0.3 is 12.4 Å². The van der Waals surface area contributed by atoms with Gasteiger partial charge in [0.2, 0.25) is 0 Å². The van der Waals surface area contributed by atoms with Gasteiger partial charge in [0, 0.05) is 10.7 Å². The van der Waals surface area contributed by atoms with E-state index in [-0.39, 0.29) is 16.9 Å². The summed E-state index contributed by atoms with van der Waals surface area (Å²) in [5.41, 5.74) is 3.74. The lowest BCUT2D eigenvalue weighted by molar-refractivity contribution is -0.145.